The van der Waals surface area contributed by atoms with E-state index in [4.69, 9.17) is 0 Å². The van der Waals surface area contributed by atoms with Gasteiger partial charge in [0.15, 0.2) is 9.84 Å². The highest BCUT2D eigenvalue weighted by atomic mass is 32.2. The molecule has 0 aromatic carbocycles. The van der Waals surface area contributed by atoms with Crippen molar-refractivity contribution in [3.8, 4) is 0 Å². The second-order valence-corrected chi connectivity index (χ2v) is 6.88. The first-order chi connectivity index (χ1) is 8.28. The van der Waals surface area contributed by atoms with Crippen LogP contribution in [0.15, 0.2) is 0 Å². The number of amides is 3. The van der Waals surface area contributed by atoms with Gasteiger partial charge in [0.1, 0.15) is 0 Å². The van der Waals surface area contributed by atoms with Gasteiger partial charge in [-0.1, -0.05) is 0 Å². The predicted molar refractivity (Wildman–Crippen MR) is 66.9 cm³/mol. The van der Waals surface area contributed by atoms with Crippen LogP contribution in [-0.4, -0.2) is 50.5 Å². The van der Waals surface area contributed by atoms with Crippen LogP contribution in [0.3, 0.4) is 0 Å². The largest absolute Gasteiger partial charge is 0.351 e. The third kappa shape index (κ3) is 5.35. The van der Waals surface area contributed by atoms with Gasteiger partial charge in [-0.2, -0.15) is 0 Å². The summed E-state index contributed by atoms with van der Waals surface area (Å²) in [4.78, 5) is 22.7. The van der Waals surface area contributed by atoms with E-state index in [0.717, 1.165) is 0 Å². The molecule has 7 nitrogen and oxygen atoms in total. The molecule has 18 heavy (non-hydrogen) atoms. The standard InChI is InChI=1S/C10H19N3O4S/c1-7(2)12-10(15)11-5-9(14)13-8-3-4-18(16,17)6-8/h7-8H,3-6H2,1-2H3,(H,13,14)(H2,11,12,15). The fraction of sp³-hybridized carbons (Fsp3) is 0.800. The summed E-state index contributed by atoms with van der Waals surface area (Å²) in [6, 6.07) is -0.760. The Kier molecular flexibility index (Phi) is 4.94. The average molecular weight is 277 g/mol. The van der Waals surface area contributed by atoms with Gasteiger partial charge in [0, 0.05) is 12.1 Å². The van der Waals surface area contributed by atoms with Gasteiger partial charge in [-0.15, -0.1) is 0 Å². The van der Waals surface area contributed by atoms with Gasteiger partial charge < -0.3 is 16.0 Å². The highest BCUT2D eigenvalue weighted by Crippen LogP contribution is 2.10. The molecule has 3 amide bonds. The lowest BCUT2D eigenvalue weighted by Crippen LogP contribution is -2.46. The SMILES string of the molecule is CC(C)NC(=O)NCC(=O)NC1CCS(=O)(=O)C1. The van der Waals surface area contributed by atoms with Gasteiger partial charge in [0.05, 0.1) is 18.1 Å². The molecular weight excluding hydrogens is 258 g/mol. The van der Waals surface area contributed by atoms with Crippen LogP contribution in [0.1, 0.15) is 20.3 Å². The lowest BCUT2D eigenvalue weighted by Gasteiger charge is -2.12. The van der Waals surface area contributed by atoms with Gasteiger partial charge in [0.25, 0.3) is 0 Å². The summed E-state index contributed by atoms with van der Waals surface area (Å²) in [5.74, 6) is -0.285. The molecule has 0 radical (unpaired) electrons. The van der Waals surface area contributed by atoms with E-state index in [1.807, 2.05) is 13.8 Å². The van der Waals surface area contributed by atoms with E-state index in [2.05, 4.69) is 16.0 Å². The van der Waals surface area contributed by atoms with Crippen LogP contribution in [0.4, 0.5) is 4.79 Å². The Morgan fingerprint density at radius 3 is 2.50 bits per heavy atom. The maximum Gasteiger partial charge on any atom is 0.315 e. The van der Waals surface area contributed by atoms with Gasteiger partial charge >= 0.3 is 6.03 Å². The van der Waals surface area contributed by atoms with Crippen LogP contribution < -0.4 is 16.0 Å². The lowest BCUT2D eigenvalue weighted by atomic mass is 10.2. The molecule has 1 heterocycles. The third-order valence-corrected chi connectivity index (χ3v) is 4.19. The molecule has 0 saturated carbocycles. The Balaban J connectivity index is 2.24. The second kappa shape index (κ2) is 6.03. The highest BCUT2D eigenvalue weighted by molar-refractivity contribution is 7.91. The minimum atomic E-state index is -3.00. The lowest BCUT2D eigenvalue weighted by molar-refractivity contribution is -0.120. The molecule has 1 rings (SSSR count). The van der Waals surface area contributed by atoms with E-state index < -0.39 is 15.9 Å². The minimum Gasteiger partial charge on any atom is -0.351 e. The molecular formula is C10H19N3O4S. The van der Waals surface area contributed by atoms with E-state index in [1.54, 1.807) is 0 Å². The molecule has 8 heteroatoms. The summed E-state index contributed by atoms with van der Waals surface area (Å²) in [7, 11) is -3.00. The molecule has 0 aromatic rings. The van der Waals surface area contributed by atoms with Crippen molar-refractivity contribution in [3.05, 3.63) is 0 Å². The Morgan fingerprint density at radius 2 is 2.00 bits per heavy atom. The van der Waals surface area contributed by atoms with Crippen LogP contribution in [0.2, 0.25) is 0 Å². The summed E-state index contributed by atoms with van der Waals surface area (Å²) in [5, 5.41) is 7.56. The zero-order valence-electron chi connectivity index (χ0n) is 10.5. The molecule has 0 aliphatic carbocycles. The van der Waals surface area contributed by atoms with Gasteiger partial charge in [-0.05, 0) is 20.3 Å². The Bertz CT molecular complexity index is 419. The fourth-order valence-corrected chi connectivity index (χ4v) is 3.33. The van der Waals surface area contributed by atoms with E-state index in [9.17, 15) is 18.0 Å². The molecule has 1 fully saturated rings. The number of rotatable bonds is 4. The number of nitrogens with one attached hydrogen (secondary N) is 3. The number of urea groups is 1. The number of sulfone groups is 1. The quantitative estimate of drug-likeness (QED) is 0.613. The van der Waals surface area contributed by atoms with E-state index >= 15 is 0 Å². The Hall–Kier alpha value is -1.31. The molecule has 0 spiro atoms. The average Bonchev–Trinajstić information content (AvgIpc) is 2.54. The number of hydrogen-bond acceptors (Lipinski definition) is 4. The van der Waals surface area contributed by atoms with Crippen LogP contribution in [0.5, 0.6) is 0 Å². The van der Waals surface area contributed by atoms with Crippen molar-refractivity contribution in [2.75, 3.05) is 18.1 Å². The van der Waals surface area contributed by atoms with Crippen LogP contribution >= 0.6 is 0 Å². The molecule has 0 bridgehead atoms. The molecule has 1 atom stereocenters. The van der Waals surface area contributed by atoms with Crippen LogP contribution in [0.25, 0.3) is 0 Å². The first-order valence-electron chi connectivity index (χ1n) is 5.82. The van der Waals surface area contributed by atoms with E-state index in [1.165, 1.54) is 0 Å². The van der Waals surface area contributed by atoms with Gasteiger partial charge in [-0.25, -0.2) is 13.2 Å². The molecule has 1 saturated heterocycles. The molecule has 3 N–H and O–H groups in total. The molecule has 1 aliphatic rings. The van der Waals surface area contributed by atoms with E-state index in [0.29, 0.717) is 6.42 Å². The summed E-state index contributed by atoms with van der Waals surface area (Å²) in [6.45, 7) is 3.46. The molecule has 1 aliphatic heterocycles. The van der Waals surface area contributed by atoms with Gasteiger partial charge in [-0.3, -0.25) is 4.79 Å². The summed E-state index contributed by atoms with van der Waals surface area (Å²) in [6.07, 6.45) is 0.437. The van der Waals surface area contributed by atoms with Crippen molar-refractivity contribution in [1.82, 2.24) is 16.0 Å². The smallest absolute Gasteiger partial charge is 0.315 e. The summed E-state index contributed by atoms with van der Waals surface area (Å²) >= 11 is 0. The summed E-state index contributed by atoms with van der Waals surface area (Å²) < 4.78 is 22.4. The summed E-state index contributed by atoms with van der Waals surface area (Å²) in [5.41, 5.74) is 0. The van der Waals surface area contributed by atoms with Crippen molar-refractivity contribution in [1.29, 1.82) is 0 Å². The topological polar surface area (TPSA) is 104 Å². The van der Waals surface area contributed by atoms with Crippen molar-refractivity contribution < 1.29 is 18.0 Å². The van der Waals surface area contributed by atoms with Gasteiger partial charge in [0.2, 0.25) is 5.91 Å². The molecule has 1 unspecified atom stereocenters. The maximum atomic E-state index is 11.5. The first-order valence-corrected chi connectivity index (χ1v) is 7.65. The zero-order chi connectivity index (χ0) is 13.8. The van der Waals surface area contributed by atoms with Crippen molar-refractivity contribution in [2.45, 2.75) is 32.4 Å². The normalized spacial score (nSPS) is 21.6. The van der Waals surface area contributed by atoms with Crippen molar-refractivity contribution >= 4 is 21.8 Å². The Labute approximate surface area is 107 Å². The van der Waals surface area contributed by atoms with E-state index in [-0.39, 0.29) is 36.0 Å². The monoisotopic (exact) mass is 277 g/mol. The predicted octanol–water partition coefficient (Wildman–Crippen LogP) is -1.00. The number of carbonyl (C=O) groups excluding carboxylic acids is 2. The zero-order valence-corrected chi connectivity index (χ0v) is 11.3. The van der Waals surface area contributed by atoms with Crippen molar-refractivity contribution in [2.24, 2.45) is 0 Å². The van der Waals surface area contributed by atoms with Crippen LogP contribution in [0, 0.1) is 0 Å². The van der Waals surface area contributed by atoms with Crippen molar-refractivity contribution in [3.63, 3.8) is 0 Å². The Morgan fingerprint density at radius 1 is 1.33 bits per heavy atom. The number of carbonyl (C=O) groups is 2. The number of hydrogen-bond donors (Lipinski definition) is 3. The minimum absolute atomic E-state index is 0.00645. The molecule has 104 valence electrons. The highest BCUT2D eigenvalue weighted by Gasteiger charge is 2.28. The molecule has 0 aromatic heterocycles. The fourth-order valence-electron chi connectivity index (χ4n) is 1.66. The first kappa shape index (κ1) is 14.7. The van der Waals surface area contributed by atoms with Crippen LogP contribution in [-0.2, 0) is 14.6 Å². The second-order valence-electron chi connectivity index (χ2n) is 4.65. The third-order valence-electron chi connectivity index (χ3n) is 2.43. The maximum absolute atomic E-state index is 11.5.